The Morgan fingerprint density at radius 1 is 0.500 bits per heavy atom. The van der Waals surface area contributed by atoms with Gasteiger partial charge in [0.25, 0.3) is 0 Å². The van der Waals surface area contributed by atoms with Crippen molar-refractivity contribution in [1.82, 2.24) is 0 Å². The molecule has 0 saturated heterocycles. The van der Waals surface area contributed by atoms with Crippen molar-refractivity contribution in [2.45, 2.75) is 33.1 Å². The van der Waals surface area contributed by atoms with Crippen LogP contribution in [-0.2, 0) is 27.1 Å². The molecule has 182 valence electrons. The smallest absolute Gasteiger partial charge is 1.00 e. The summed E-state index contributed by atoms with van der Waals surface area (Å²) in [5.41, 5.74) is 10.1. The summed E-state index contributed by atoms with van der Waals surface area (Å²) in [6.45, 7) is 8.84. The van der Waals surface area contributed by atoms with Gasteiger partial charge < -0.3 is 37.2 Å². The van der Waals surface area contributed by atoms with Crippen LogP contribution in [0.15, 0.2) is 103 Å². The van der Waals surface area contributed by atoms with Gasteiger partial charge in [-0.3, -0.25) is 0 Å². The summed E-state index contributed by atoms with van der Waals surface area (Å²) in [7, 11) is 0. The minimum absolute atomic E-state index is 0. The zero-order chi connectivity index (χ0) is 22.3. The Balaban J connectivity index is 0.00000162. The van der Waals surface area contributed by atoms with Gasteiger partial charge in [-0.05, 0) is 37.5 Å². The molecule has 0 unspecified atom stereocenters. The predicted octanol–water partition coefficient (Wildman–Crippen LogP) is -0.815. The van der Waals surface area contributed by atoms with E-state index < -0.39 is 5.41 Å². The van der Waals surface area contributed by atoms with Crippen molar-refractivity contribution >= 4 is 10.8 Å². The summed E-state index contributed by atoms with van der Waals surface area (Å²) in [5.74, 6) is 0. The molecule has 0 radical (unpaired) electrons. The molecule has 0 amide bonds. The largest absolute Gasteiger partial charge is 4.00 e. The van der Waals surface area contributed by atoms with Crippen LogP contribution < -0.4 is 37.2 Å². The first-order valence-electron chi connectivity index (χ1n) is 11.4. The third-order valence-electron chi connectivity index (χ3n) is 6.72. The second-order valence-corrected chi connectivity index (χ2v) is 9.15. The Morgan fingerprint density at radius 3 is 1.33 bits per heavy atom. The zero-order valence-electron chi connectivity index (χ0n) is 20.9. The Morgan fingerprint density at radius 2 is 0.917 bits per heavy atom. The average Bonchev–Trinajstić information content (AvgIpc) is 3.11. The number of hydrogen-bond acceptors (Lipinski definition) is 0. The van der Waals surface area contributed by atoms with E-state index in [9.17, 15) is 0 Å². The summed E-state index contributed by atoms with van der Waals surface area (Å²) < 4.78 is 0. The van der Waals surface area contributed by atoms with Crippen LogP contribution in [0.25, 0.3) is 10.8 Å². The van der Waals surface area contributed by atoms with Gasteiger partial charge in [0.15, 0.2) is 0 Å². The van der Waals surface area contributed by atoms with E-state index in [1.54, 1.807) is 0 Å². The zero-order valence-corrected chi connectivity index (χ0v) is 24.8. The van der Waals surface area contributed by atoms with Gasteiger partial charge in [0.05, 0.1) is 0 Å². The van der Waals surface area contributed by atoms with E-state index in [0.717, 1.165) is 0 Å². The van der Waals surface area contributed by atoms with Crippen molar-refractivity contribution in [3.05, 3.63) is 148 Å². The molecule has 5 aromatic rings. The van der Waals surface area contributed by atoms with E-state index >= 15 is 0 Å². The third kappa shape index (κ3) is 5.50. The van der Waals surface area contributed by atoms with Crippen LogP contribution in [0.4, 0.5) is 0 Å². The van der Waals surface area contributed by atoms with E-state index in [4.69, 9.17) is 0 Å². The van der Waals surface area contributed by atoms with E-state index in [1.165, 1.54) is 55.3 Å². The van der Waals surface area contributed by atoms with Crippen LogP contribution in [0.1, 0.15) is 44.5 Å². The fourth-order valence-electron chi connectivity index (χ4n) is 5.43. The fraction of sp³-hybridized carbons (Fsp3) is 0.156. The van der Waals surface area contributed by atoms with Crippen LogP contribution in [0.3, 0.4) is 0 Å². The molecule has 0 aromatic heterocycles. The summed E-state index contributed by atoms with van der Waals surface area (Å²) in [6.07, 6.45) is 0. The van der Waals surface area contributed by atoms with Crippen LogP contribution in [0.5, 0.6) is 0 Å². The maximum atomic E-state index is 2.37. The topological polar surface area (TPSA) is 0 Å². The molecule has 0 spiro atoms. The number of aryl methyl sites for hydroxylation is 4. The summed E-state index contributed by atoms with van der Waals surface area (Å²) in [5, 5.41) is 2.63. The van der Waals surface area contributed by atoms with Crippen molar-refractivity contribution in [3.63, 3.8) is 0 Å². The molecule has 0 atom stereocenters. The molecule has 0 nitrogen and oxygen atoms in total. The van der Waals surface area contributed by atoms with Crippen molar-refractivity contribution in [3.8, 4) is 0 Å². The Kier molecular flexibility index (Phi) is 11.6. The third-order valence-corrected chi connectivity index (χ3v) is 6.72. The van der Waals surface area contributed by atoms with Gasteiger partial charge in [-0.25, -0.2) is 0 Å². The van der Waals surface area contributed by atoms with Gasteiger partial charge in [0, 0.05) is 5.41 Å². The molecule has 0 aliphatic rings. The van der Waals surface area contributed by atoms with Crippen LogP contribution in [0, 0.1) is 27.7 Å². The first-order chi connectivity index (χ1) is 15.5. The van der Waals surface area contributed by atoms with Crippen LogP contribution >= 0.6 is 0 Å². The van der Waals surface area contributed by atoms with Gasteiger partial charge >= 0.3 is 21.7 Å². The van der Waals surface area contributed by atoms with Crippen molar-refractivity contribution < 1.29 is 58.9 Å². The number of fused-ring (bicyclic) bond motifs is 1. The molecule has 0 bridgehead atoms. The number of halogens is 3. The molecule has 0 saturated carbocycles. The van der Waals surface area contributed by atoms with Crippen LogP contribution in [-0.4, -0.2) is 0 Å². The molecule has 0 aliphatic carbocycles. The average molecular weight is 568 g/mol. The molecule has 0 N–H and O–H groups in total. The minimum Gasteiger partial charge on any atom is -1.00 e. The van der Waals surface area contributed by atoms with Crippen molar-refractivity contribution in [1.29, 1.82) is 0 Å². The quantitative estimate of drug-likeness (QED) is 0.151. The molecule has 4 heteroatoms. The Labute approximate surface area is 249 Å². The summed E-state index contributed by atoms with van der Waals surface area (Å²) in [6, 6.07) is 38.4. The summed E-state index contributed by atoms with van der Waals surface area (Å²) >= 11 is 0. The van der Waals surface area contributed by atoms with Gasteiger partial charge in [0.1, 0.15) is 0 Å². The predicted molar refractivity (Wildman–Crippen MR) is 137 cm³/mol. The summed E-state index contributed by atoms with van der Waals surface area (Å²) in [4.78, 5) is 0. The standard InChI is InChI=1S/C32H29.3ClH.Ti/c1-22-10-7-14-27(18-22)32(28-15-8-11-23(2)19-28,29-16-9-12-24(3)20-29)31-25(4)21-26-13-5-6-17-30(26)31;;;;/h5-21H,1-4H3;3*1H;/q-1;;;;+4/p-3. The number of benzene rings is 4. The molecule has 0 aliphatic heterocycles. The Bertz CT molecular complexity index is 1320. The molecular formula is C32H29Cl3Ti. The first-order valence-corrected chi connectivity index (χ1v) is 11.4. The maximum Gasteiger partial charge on any atom is 4.00 e. The molecule has 36 heavy (non-hydrogen) atoms. The molecule has 5 rings (SSSR count). The van der Waals surface area contributed by atoms with Gasteiger partial charge in [-0.1, -0.05) is 102 Å². The molecular weight excluding hydrogens is 539 g/mol. The van der Waals surface area contributed by atoms with Crippen molar-refractivity contribution in [2.75, 3.05) is 0 Å². The van der Waals surface area contributed by atoms with Gasteiger partial charge in [-0.15, -0.1) is 40.1 Å². The monoisotopic (exact) mass is 566 g/mol. The van der Waals surface area contributed by atoms with Gasteiger partial charge in [-0.2, -0.15) is 6.07 Å². The van der Waals surface area contributed by atoms with E-state index in [0.29, 0.717) is 0 Å². The van der Waals surface area contributed by atoms with Crippen LogP contribution in [0.2, 0.25) is 0 Å². The normalized spacial score (nSPS) is 10.4. The molecule has 0 heterocycles. The SMILES string of the molecule is Cc1cccc(C(c2cccc(C)c2)(c2cccc(C)c2)[c-]2c(C)cc3ccccc32)c1.[Cl-].[Cl-].[Cl-].[Ti+4]. The van der Waals surface area contributed by atoms with E-state index in [2.05, 4.69) is 131 Å². The second-order valence-electron chi connectivity index (χ2n) is 9.15. The minimum atomic E-state index is -0.406. The first kappa shape index (κ1) is 32.1. The van der Waals surface area contributed by atoms with Gasteiger partial charge in [0.2, 0.25) is 0 Å². The fourth-order valence-corrected chi connectivity index (χ4v) is 5.43. The molecule has 5 aromatic carbocycles. The second kappa shape index (κ2) is 13.0. The maximum absolute atomic E-state index is 2.37. The number of hydrogen-bond donors (Lipinski definition) is 0. The van der Waals surface area contributed by atoms with Crippen molar-refractivity contribution in [2.24, 2.45) is 0 Å². The Hall–Kier alpha value is -1.93. The number of rotatable bonds is 4. The molecule has 0 fully saturated rings. The van der Waals surface area contributed by atoms with E-state index in [1.807, 2.05) is 0 Å². The van der Waals surface area contributed by atoms with E-state index in [-0.39, 0.29) is 58.9 Å².